The van der Waals surface area contributed by atoms with Gasteiger partial charge in [0.05, 0.1) is 12.9 Å². The van der Waals surface area contributed by atoms with Gasteiger partial charge >= 0.3 is 0 Å². The summed E-state index contributed by atoms with van der Waals surface area (Å²) in [6.45, 7) is 8.77. The Morgan fingerprint density at radius 3 is 2.95 bits per heavy atom. The predicted molar refractivity (Wildman–Crippen MR) is 81.0 cm³/mol. The molecule has 1 aromatic heterocycles. The van der Waals surface area contributed by atoms with Crippen LogP contribution < -0.4 is 10.1 Å². The lowest BCUT2D eigenvalue weighted by Crippen LogP contribution is -2.19. The third-order valence-electron chi connectivity index (χ3n) is 3.31. The maximum atomic E-state index is 5.97. The third kappa shape index (κ3) is 3.84. The van der Waals surface area contributed by atoms with Crippen molar-refractivity contribution in [3.8, 4) is 5.75 Å². The lowest BCUT2D eigenvalue weighted by Gasteiger charge is -2.18. The zero-order chi connectivity index (χ0) is 14.4. The molecule has 0 fully saturated rings. The Hall–Kier alpha value is -1.81. The molecule has 2 aromatic rings. The van der Waals surface area contributed by atoms with Gasteiger partial charge in [0.15, 0.2) is 0 Å². The molecule has 0 aliphatic rings. The van der Waals surface area contributed by atoms with Crippen molar-refractivity contribution in [3.63, 3.8) is 0 Å². The van der Waals surface area contributed by atoms with Gasteiger partial charge in [0.1, 0.15) is 12.4 Å². The van der Waals surface area contributed by atoms with Crippen LogP contribution in [0.4, 0.5) is 0 Å². The summed E-state index contributed by atoms with van der Waals surface area (Å²) in [4.78, 5) is 4.03. The Bertz CT molecular complexity index is 523. The summed E-state index contributed by atoms with van der Waals surface area (Å²) in [6.07, 6.45) is 5.54. The summed E-state index contributed by atoms with van der Waals surface area (Å²) >= 11 is 0. The molecule has 4 heteroatoms. The summed E-state index contributed by atoms with van der Waals surface area (Å²) in [5.74, 6) is 0.971. The van der Waals surface area contributed by atoms with Gasteiger partial charge in [0.2, 0.25) is 0 Å². The predicted octanol–water partition coefficient (Wildman–Crippen LogP) is 2.94. The van der Waals surface area contributed by atoms with E-state index in [9.17, 15) is 0 Å². The average Bonchev–Trinajstić information content (AvgIpc) is 2.92. The minimum Gasteiger partial charge on any atom is -0.491 e. The van der Waals surface area contributed by atoms with E-state index >= 15 is 0 Å². The summed E-state index contributed by atoms with van der Waals surface area (Å²) in [7, 11) is 0. The van der Waals surface area contributed by atoms with Crippen LogP contribution in [-0.2, 0) is 6.54 Å². The largest absolute Gasteiger partial charge is 0.491 e. The van der Waals surface area contributed by atoms with Crippen molar-refractivity contribution < 1.29 is 4.74 Å². The quantitative estimate of drug-likeness (QED) is 0.843. The van der Waals surface area contributed by atoms with Crippen LogP contribution in [0.15, 0.2) is 36.9 Å². The monoisotopic (exact) mass is 273 g/mol. The van der Waals surface area contributed by atoms with E-state index < -0.39 is 0 Å². The number of nitrogens with one attached hydrogen (secondary N) is 1. The summed E-state index contributed by atoms with van der Waals surface area (Å²) in [5.41, 5.74) is 2.43. The molecule has 0 aliphatic carbocycles. The SMILES string of the molecule is CCNC(C)c1ccc(C)cc1OCCn1ccnc1. The first-order valence-electron chi connectivity index (χ1n) is 7.13. The summed E-state index contributed by atoms with van der Waals surface area (Å²) in [5, 5.41) is 3.43. The number of aromatic nitrogens is 2. The molecule has 108 valence electrons. The minimum atomic E-state index is 0.295. The highest BCUT2D eigenvalue weighted by atomic mass is 16.5. The second-order valence-corrected chi connectivity index (χ2v) is 4.97. The van der Waals surface area contributed by atoms with Gasteiger partial charge in [-0.1, -0.05) is 19.1 Å². The molecule has 0 saturated carbocycles. The second kappa shape index (κ2) is 7.10. The van der Waals surface area contributed by atoms with Crippen LogP contribution in [-0.4, -0.2) is 22.7 Å². The molecule has 2 rings (SSSR count). The molecule has 0 aliphatic heterocycles. The fourth-order valence-corrected chi connectivity index (χ4v) is 2.22. The van der Waals surface area contributed by atoms with Crippen LogP contribution in [0.3, 0.4) is 0 Å². The Kier molecular flexibility index (Phi) is 5.18. The Labute approximate surface area is 120 Å². The van der Waals surface area contributed by atoms with E-state index in [0.29, 0.717) is 12.6 Å². The number of hydrogen-bond acceptors (Lipinski definition) is 3. The van der Waals surface area contributed by atoms with E-state index in [-0.39, 0.29) is 0 Å². The average molecular weight is 273 g/mol. The molecule has 0 amide bonds. The smallest absolute Gasteiger partial charge is 0.124 e. The van der Waals surface area contributed by atoms with Gasteiger partial charge in [-0.05, 0) is 32.0 Å². The highest BCUT2D eigenvalue weighted by molar-refractivity contribution is 5.39. The molecule has 4 nitrogen and oxygen atoms in total. The van der Waals surface area contributed by atoms with E-state index in [4.69, 9.17) is 4.74 Å². The van der Waals surface area contributed by atoms with E-state index in [1.54, 1.807) is 6.20 Å². The first-order chi connectivity index (χ1) is 9.70. The van der Waals surface area contributed by atoms with Crippen molar-refractivity contribution in [1.82, 2.24) is 14.9 Å². The van der Waals surface area contributed by atoms with Crippen LogP contribution in [0.5, 0.6) is 5.75 Å². The van der Waals surface area contributed by atoms with Gasteiger partial charge in [0.25, 0.3) is 0 Å². The Morgan fingerprint density at radius 2 is 2.25 bits per heavy atom. The van der Waals surface area contributed by atoms with Gasteiger partial charge in [-0.25, -0.2) is 4.98 Å². The van der Waals surface area contributed by atoms with Crippen LogP contribution in [0, 0.1) is 6.92 Å². The van der Waals surface area contributed by atoms with E-state index in [2.05, 4.69) is 49.3 Å². The molecule has 20 heavy (non-hydrogen) atoms. The lowest BCUT2D eigenvalue weighted by molar-refractivity contribution is 0.292. The number of nitrogens with zero attached hydrogens (tertiary/aromatic N) is 2. The number of benzene rings is 1. The fraction of sp³-hybridized carbons (Fsp3) is 0.438. The molecule has 1 heterocycles. The zero-order valence-electron chi connectivity index (χ0n) is 12.5. The number of imidazole rings is 1. The maximum absolute atomic E-state index is 5.97. The Balaban J connectivity index is 2.03. The minimum absolute atomic E-state index is 0.295. The normalized spacial score (nSPS) is 12.3. The van der Waals surface area contributed by atoms with Crippen LogP contribution in [0.25, 0.3) is 0 Å². The van der Waals surface area contributed by atoms with Crippen LogP contribution in [0.2, 0.25) is 0 Å². The fourth-order valence-electron chi connectivity index (χ4n) is 2.22. The molecule has 0 saturated heterocycles. The van der Waals surface area contributed by atoms with Crippen molar-refractivity contribution >= 4 is 0 Å². The van der Waals surface area contributed by atoms with Gasteiger partial charge < -0.3 is 14.6 Å². The number of hydrogen-bond donors (Lipinski definition) is 1. The van der Waals surface area contributed by atoms with Crippen molar-refractivity contribution in [3.05, 3.63) is 48.0 Å². The molecule has 1 N–H and O–H groups in total. The maximum Gasteiger partial charge on any atom is 0.124 e. The van der Waals surface area contributed by atoms with E-state index in [1.165, 1.54) is 11.1 Å². The molecular weight excluding hydrogens is 250 g/mol. The molecule has 1 atom stereocenters. The van der Waals surface area contributed by atoms with Gasteiger partial charge in [-0.2, -0.15) is 0 Å². The molecule has 0 radical (unpaired) electrons. The highest BCUT2D eigenvalue weighted by Crippen LogP contribution is 2.26. The van der Waals surface area contributed by atoms with Crippen molar-refractivity contribution in [2.45, 2.75) is 33.4 Å². The number of rotatable bonds is 7. The first kappa shape index (κ1) is 14.6. The Morgan fingerprint density at radius 1 is 1.40 bits per heavy atom. The molecule has 0 bridgehead atoms. The van der Waals surface area contributed by atoms with Crippen molar-refractivity contribution in [2.75, 3.05) is 13.2 Å². The third-order valence-corrected chi connectivity index (χ3v) is 3.31. The van der Waals surface area contributed by atoms with Crippen molar-refractivity contribution in [2.24, 2.45) is 0 Å². The standard InChI is InChI=1S/C16H23N3O/c1-4-18-14(3)15-6-5-13(2)11-16(15)20-10-9-19-8-7-17-12-19/h5-8,11-12,14,18H,4,9-10H2,1-3H3. The number of aryl methyl sites for hydroxylation is 1. The summed E-state index contributed by atoms with van der Waals surface area (Å²) < 4.78 is 7.99. The zero-order valence-corrected chi connectivity index (χ0v) is 12.5. The lowest BCUT2D eigenvalue weighted by atomic mass is 10.0. The molecular formula is C16H23N3O. The second-order valence-electron chi connectivity index (χ2n) is 4.97. The van der Waals surface area contributed by atoms with E-state index in [1.807, 2.05) is 17.1 Å². The van der Waals surface area contributed by atoms with Crippen LogP contribution >= 0.6 is 0 Å². The van der Waals surface area contributed by atoms with Gasteiger partial charge in [0, 0.05) is 24.0 Å². The number of ether oxygens (including phenoxy) is 1. The first-order valence-corrected chi connectivity index (χ1v) is 7.13. The van der Waals surface area contributed by atoms with Crippen molar-refractivity contribution in [1.29, 1.82) is 0 Å². The highest BCUT2D eigenvalue weighted by Gasteiger charge is 2.11. The molecule has 1 aromatic carbocycles. The van der Waals surface area contributed by atoms with Gasteiger partial charge in [-0.3, -0.25) is 0 Å². The van der Waals surface area contributed by atoms with Gasteiger partial charge in [-0.15, -0.1) is 0 Å². The topological polar surface area (TPSA) is 39.1 Å². The summed E-state index contributed by atoms with van der Waals surface area (Å²) in [6, 6.07) is 6.68. The molecule has 0 spiro atoms. The van der Waals surface area contributed by atoms with Crippen LogP contribution in [0.1, 0.15) is 31.0 Å². The molecule has 1 unspecified atom stereocenters. The van der Waals surface area contributed by atoms with E-state index in [0.717, 1.165) is 18.8 Å².